The first-order valence-electron chi connectivity index (χ1n) is 7.61. The summed E-state index contributed by atoms with van der Waals surface area (Å²) in [6.07, 6.45) is 0.919. The number of aromatic nitrogens is 4. The highest BCUT2D eigenvalue weighted by atomic mass is 32.2. The second-order valence-electron chi connectivity index (χ2n) is 5.41. The monoisotopic (exact) mass is 357 g/mol. The molecule has 0 N–H and O–H groups in total. The van der Waals surface area contributed by atoms with Crippen LogP contribution in [-0.4, -0.2) is 38.4 Å². The van der Waals surface area contributed by atoms with Crippen molar-refractivity contribution in [3.63, 3.8) is 0 Å². The number of carbonyl (C=O) groups excluding carboxylic acids is 1. The highest BCUT2D eigenvalue weighted by molar-refractivity contribution is 7.99. The molecule has 0 saturated heterocycles. The molecule has 8 heteroatoms. The Morgan fingerprint density at radius 3 is 3.04 bits per heavy atom. The van der Waals surface area contributed by atoms with Crippen LogP contribution in [0.25, 0.3) is 0 Å². The molecule has 122 valence electrons. The van der Waals surface area contributed by atoms with Crippen LogP contribution in [0.1, 0.15) is 10.4 Å². The van der Waals surface area contributed by atoms with E-state index in [0.717, 1.165) is 18.7 Å². The predicted octanol–water partition coefficient (Wildman–Crippen LogP) is 2.46. The summed E-state index contributed by atoms with van der Waals surface area (Å²) in [6.45, 7) is 1.38. The number of benzene rings is 1. The zero-order valence-corrected chi connectivity index (χ0v) is 14.5. The topological polar surface area (TPSA) is 63.9 Å². The number of carbonyl (C=O) groups is 1. The molecule has 4 rings (SSSR count). The third kappa shape index (κ3) is 3.07. The SMILES string of the molecule is O=C(CSc1nnnn1Cc1cccs1)N1CCc2ccccc21. The maximum atomic E-state index is 12.6. The Morgan fingerprint density at radius 2 is 2.17 bits per heavy atom. The number of amides is 1. The van der Waals surface area contributed by atoms with Gasteiger partial charge in [0.25, 0.3) is 0 Å². The normalized spacial score (nSPS) is 13.2. The van der Waals surface area contributed by atoms with Crippen molar-refractivity contribution in [3.05, 3.63) is 52.2 Å². The summed E-state index contributed by atoms with van der Waals surface area (Å²) in [5.74, 6) is 0.426. The minimum absolute atomic E-state index is 0.0932. The number of nitrogens with zero attached hydrogens (tertiary/aromatic N) is 5. The maximum absolute atomic E-state index is 12.6. The summed E-state index contributed by atoms with van der Waals surface area (Å²) in [5, 5.41) is 14.5. The Balaban J connectivity index is 1.41. The smallest absolute Gasteiger partial charge is 0.237 e. The van der Waals surface area contributed by atoms with Crippen molar-refractivity contribution in [2.45, 2.75) is 18.1 Å². The molecule has 1 aromatic carbocycles. The third-order valence-electron chi connectivity index (χ3n) is 3.90. The van der Waals surface area contributed by atoms with Gasteiger partial charge in [0.1, 0.15) is 0 Å². The first kappa shape index (κ1) is 15.3. The van der Waals surface area contributed by atoms with Crippen LogP contribution in [0.2, 0.25) is 0 Å². The zero-order valence-electron chi connectivity index (χ0n) is 12.8. The number of para-hydroxylation sites is 1. The lowest BCUT2D eigenvalue weighted by atomic mass is 10.2. The zero-order chi connectivity index (χ0) is 16.4. The number of fused-ring (bicyclic) bond motifs is 1. The van der Waals surface area contributed by atoms with Gasteiger partial charge in [0.15, 0.2) is 0 Å². The van der Waals surface area contributed by atoms with Crippen LogP contribution in [0.3, 0.4) is 0 Å². The van der Waals surface area contributed by atoms with Crippen molar-refractivity contribution in [2.75, 3.05) is 17.2 Å². The molecule has 0 atom stereocenters. The summed E-state index contributed by atoms with van der Waals surface area (Å²) in [7, 11) is 0. The molecule has 0 unspecified atom stereocenters. The molecule has 3 heterocycles. The van der Waals surface area contributed by atoms with Gasteiger partial charge in [-0.2, -0.15) is 0 Å². The van der Waals surface area contributed by atoms with Gasteiger partial charge < -0.3 is 4.90 Å². The number of hydrogen-bond donors (Lipinski definition) is 0. The van der Waals surface area contributed by atoms with Crippen molar-refractivity contribution in [3.8, 4) is 0 Å². The average molecular weight is 357 g/mol. The molecular weight excluding hydrogens is 342 g/mol. The largest absolute Gasteiger partial charge is 0.311 e. The van der Waals surface area contributed by atoms with Gasteiger partial charge in [-0.1, -0.05) is 36.0 Å². The molecule has 1 aliphatic heterocycles. The summed E-state index contributed by atoms with van der Waals surface area (Å²) in [4.78, 5) is 15.6. The molecule has 0 aliphatic carbocycles. The molecule has 6 nitrogen and oxygen atoms in total. The van der Waals surface area contributed by atoms with E-state index in [1.165, 1.54) is 22.2 Å². The van der Waals surface area contributed by atoms with Crippen LogP contribution in [-0.2, 0) is 17.8 Å². The molecule has 0 spiro atoms. The fourth-order valence-electron chi connectivity index (χ4n) is 2.75. The van der Waals surface area contributed by atoms with Gasteiger partial charge in [0.2, 0.25) is 11.1 Å². The minimum atomic E-state index is 0.0932. The van der Waals surface area contributed by atoms with E-state index < -0.39 is 0 Å². The number of hydrogen-bond acceptors (Lipinski definition) is 6. The summed E-state index contributed by atoms with van der Waals surface area (Å²) >= 11 is 3.05. The van der Waals surface area contributed by atoms with E-state index in [0.29, 0.717) is 17.5 Å². The molecule has 0 fully saturated rings. The summed E-state index contributed by atoms with van der Waals surface area (Å²) < 4.78 is 1.74. The van der Waals surface area contributed by atoms with Crippen LogP contribution in [0.5, 0.6) is 0 Å². The number of anilines is 1. The highest BCUT2D eigenvalue weighted by Gasteiger charge is 2.24. The van der Waals surface area contributed by atoms with Crippen LogP contribution in [0.4, 0.5) is 5.69 Å². The van der Waals surface area contributed by atoms with Gasteiger partial charge in [-0.05, 0) is 39.9 Å². The van der Waals surface area contributed by atoms with E-state index in [-0.39, 0.29) is 5.91 Å². The lowest BCUT2D eigenvalue weighted by Crippen LogP contribution is -2.30. The minimum Gasteiger partial charge on any atom is -0.311 e. The van der Waals surface area contributed by atoms with Crippen LogP contribution >= 0.6 is 23.1 Å². The second kappa shape index (κ2) is 6.74. The van der Waals surface area contributed by atoms with Crippen LogP contribution < -0.4 is 4.90 Å². The fourth-order valence-corrected chi connectivity index (χ4v) is 4.19. The summed E-state index contributed by atoms with van der Waals surface area (Å²) in [6, 6.07) is 12.1. The molecular formula is C16H15N5OS2. The molecule has 0 saturated carbocycles. The fraction of sp³-hybridized carbons (Fsp3) is 0.250. The molecule has 1 amide bonds. The second-order valence-corrected chi connectivity index (χ2v) is 7.39. The van der Waals surface area contributed by atoms with E-state index in [9.17, 15) is 4.79 Å². The Bertz CT molecular complexity index is 846. The third-order valence-corrected chi connectivity index (χ3v) is 5.70. The van der Waals surface area contributed by atoms with Gasteiger partial charge in [0.05, 0.1) is 12.3 Å². The highest BCUT2D eigenvalue weighted by Crippen LogP contribution is 2.28. The van der Waals surface area contributed by atoms with Gasteiger partial charge in [-0.15, -0.1) is 16.4 Å². The van der Waals surface area contributed by atoms with Gasteiger partial charge in [0, 0.05) is 17.1 Å². The van der Waals surface area contributed by atoms with Crippen molar-refractivity contribution in [1.29, 1.82) is 0 Å². The predicted molar refractivity (Wildman–Crippen MR) is 94.5 cm³/mol. The molecule has 0 bridgehead atoms. The average Bonchev–Trinajstić information content (AvgIpc) is 3.34. The van der Waals surface area contributed by atoms with Gasteiger partial charge in [-0.25, -0.2) is 4.68 Å². The van der Waals surface area contributed by atoms with E-state index in [1.807, 2.05) is 40.6 Å². The number of tetrazole rings is 1. The number of thioether (sulfide) groups is 1. The van der Waals surface area contributed by atoms with Crippen LogP contribution in [0, 0.1) is 0 Å². The molecule has 3 aromatic rings. The van der Waals surface area contributed by atoms with Crippen molar-refractivity contribution >= 4 is 34.7 Å². The maximum Gasteiger partial charge on any atom is 0.237 e. The van der Waals surface area contributed by atoms with Gasteiger partial charge >= 0.3 is 0 Å². The van der Waals surface area contributed by atoms with E-state index >= 15 is 0 Å². The first-order chi connectivity index (χ1) is 11.8. The first-order valence-corrected chi connectivity index (χ1v) is 9.47. The number of thiophene rings is 1. The van der Waals surface area contributed by atoms with E-state index in [4.69, 9.17) is 0 Å². The van der Waals surface area contributed by atoms with Gasteiger partial charge in [-0.3, -0.25) is 4.79 Å². The van der Waals surface area contributed by atoms with E-state index in [2.05, 4.69) is 21.6 Å². The van der Waals surface area contributed by atoms with E-state index in [1.54, 1.807) is 16.0 Å². The molecule has 2 aromatic heterocycles. The van der Waals surface area contributed by atoms with Crippen molar-refractivity contribution in [1.82, 2.24) is 20.2 Å². The standard InChI is InChI=1S/C16H15N5OS2/c22-15(20-8-7-12-4-1-2-6-14(12)20)11-24-16-17-18-19-21(16)10-13-5-3-9-23-13/h1-6,9H,7-8,10-11H2. The van der Waals surface area contributed by atoms with Crippen molar-refractivity contribution in [2.24, 2.45) is 0 Å². The number of rotatable bonds is 5. The molecule has 1 aliphatic rings. The Kier molecular flexibility index (Phi) is 4.31. The Hall–Kier alpha value is -2.19. The quantitative estimate of drug-likeness (QED) is 0.657. The molecule has 24 heavy (non-hydrogen) atoms. The Morgan fingerprint density at radius 1 is 1.25 bits per heavy atom. The summed E-state index contributed by atoms with van der Waals surface area (Å²) in [5.41, 5.74) is 2.26. The lowest BCUT2D eigenvalue weighted by molar-refractivity contribution is -0.116. The molecule has 0 radical (unpaired) electrons. The van der Waals surface area contributed by atoms with Crippen LogP contribution in [0.15, 0.2) is 46.9 Å². The van der Waals surface area contributed by atoms with Crippen molar-refractivity contribution < 1.29 is 4.79 Å². The lowest BCUT2D eigenvalue weighted by Gasteiger charge is -2.16. The Labute approximate surface area is 147 Å².